The van der Waals surface area contributed by atoms with Crippen molar-refractivity contribution in [1.29, 1.82) is 0 Å². The van der Waals surface area contributed by atoms with Crippen LogP contribution in [0, 0.1) is 0 Å². The van der Waals surface area contributed by atoms with E-state index in [1.165, 1.54) is 7.11 Å². The van der Waals surface area contributed by atoms with Crippen LogP contribution in [0.15, 0.2) is 48.5 Å². The fraction of sp³-hybridized carbons (Fsp3) is 0.304. The minimum absolute atomic E-state index is 0.00366. The normalized spacial score (nSPS) is 12.7. The number of carbonyl (C=O) groups is 4. The van der Waals surface area contributed by atoms with Gasteiger partial charge in [-0.2, -0.15) is 12.6 Å². The maximum absolute atomic E-state index is 12.2. The van der Waals surface area contributed by atoms with Gasteiger partial charge in [-0.1, -0.05) is 48.5 Å². The summed E-state index contributed by atoms with van der Waals surface area (Å²) in [6.07, 6.45) is -0.746. The molecule has 9 nitrogen and oxygen atoms in total. The predicted octanol–water partition coefficient (Wildman–Crippen LogP) is 1.23. The molecule has 174 valence electrons. The number of nitrogens with one attached hydrogen (secondary N) is 3. The molecule has 0 aliphatic heterocycles. The number of esters is 1. The lowest BCUT2D eigenvalue weighted by Gasteiger charge is -2.17. The molecule has 3 amide bonds. The second kappa shape index (κ2) is 11.4. The first-order valence-corrected chi connectivity index (χ1v) is 10.9. The lowest BCUT2D eigenvalue weighted by atomic mass is 9.98. The summed E-state index contributed by atoms with van der Waals surface area (Å²) in [6.45, 7) is -0.588. The zero-order valence-corrected chi connectivity index (χ0v) is 18.9. The van der Waals surface area contributed by atoms with Crippen LogP contribution in [0.4, 0.5) is 4.79 Å². The summed E-state index contributed by atoms with van der Waals surface area (Å²) in [5, 5.41) is 7.15. The standard InChI is InChI=1S/C23H25N3O6S/c1-31-21(28)11-24-22(29)19(13-33)26-20(27)10-25-23(30)32-12-18-16-8-4-2-6-14(16)15-7-3-5-9-17(15)18/h2-9,18-19,33H,10-13H2,1H3,(H,24,29)(H,25,30)(H,26,27)/t19-/m0/s1. The Morgan fingerprint density at radius 2 is 1.55 bits per heavy atom. The van der Waals surface area contributed by atoms with Gasteiger partial charge in [0.15, 0.2) is 0 Å². The van der Waals surface area contributed by atoms with Crippen LogP contribution in [0.1, 0.15) is 17.0 Å². The lowest BCUT2D eigenvalue weighted by Crippen LogP contribution is -2.51. The van der Waals surface area contributed by atoms with Crippen molar-refractivity contribution in [2.75, 3.05) is 32.6 Å². The zero-order chi connectivity index (χ0) is 23.8. The number of carbonyl (C=O) groups excluding carboxylic acids is 4. The number of ether oxygens (including phenoxy) is 2. The van der Waals surface area contributed by atoms with Gasteiger partial charge in [-0.05, 0) is 22.3 Å². The number of hydrogen-bond acceptors (Lipinski definition) is 7. The maximum Gasteiger partial charge on any atom is 0.407 e. The molecular formula is C23H25N3O6S. The highest BCUT2D eigenvalue weighted by Crippen LogP contribution is 2.44. The molecule has 2 aromatic carbocycles. The summed E-state index contributed by atoms with van der Waals surface area (Å²) >= 11 is 4.03. The van der Waals surface area contributed by atoms with Crippen molar-refractivity contribution in [3.05, 3.63) is 59.7 Å². The van der Waals surface area contributed by atoms with E-state index in [1.54, 1.807) is 0 Å². The Balaban J connectivity index is 1.47. The second-order valence-corrected chi connectivity index (χ2v) is 7.64. The quantitative estimate of drug-likeness (QED) is 0.322. The summed E-state index contributed by atoms with van der Waals surface area (Å²) in [5.74, 6) is -1.90. The number of methoxy groups -OCH3 is 1. The number of benzene rings is 2. The Morgan fingerprint density at radius 3 is 2.12 bits per heavy atom. The third-order valence-corrected chi connectivity index (χ3v) is 5.57. The first-order valence-electron chi connectivity index (χ1n) is 10.3. The number of rotatable bonds is 9. The van der Waals surface area contributed by atoms with E-state index in [-0.39, 0.29) is 31.4 Å². The third kappa shape index (κ3) is 6.04. The average molecular weight is 472 g/mol. The molecule has 3 N–H and O–H groups in total. The highest BCUT2D eigenvalue weighted by Gasteiger charge is 2.29. The van der Waals surface area contributed by atoms with Gasteiger partial charge >= 0.3 is 12.1 Å². The molecule has 1 aliphatic carbocycles. The zero-order valence-electron chi connectivity index (χ0n) is 18.0. The van der Waals surface area contributed by atoms with Crippen LogP contribution in [0.2, 0.25) is 0 Å². The Kier molecular flexibility index (Phi) is 8.31. The van der Waals surface area contributed by atoms with E-state index in [9.17, 15) is 19.2 Å². The molecule has 0 bridgehead atoms. The molecule has 0 saturated carbocycles. The molecule has 0 heterocycles. The van der Waals surface area contributed by atoms with E-state index in [1.807, 2.05) is 48.5 Å². The Labute approximate surface area is 196 Å². The van der Waals surface area contributed by atoms with Crippen molar-refractivity contribution in [2.24, 2.45) is 0 Å². The van der Waals surface area contributed by atoms with E-state index in [4.69, 9.17) is 4.74 Å². The molecule has 3 rings (SSSR count). The number of amides is 3. The Bertz CT molecular complexity index is 999. The van der Waals surface area contributed by atoms with E-state index < -0.39 is 29.9 Å². The molecule has 0 spiro atoms. The maximum atomic E-state index is 12.2. The van der Waals surface area contributed by atoms with Crippen LogP contribution < -0.4 is 16.0 Å². The number of hydrogen-bond donors (Lipinski definition) is 4. The summed E-state index contributed by atoms with van der Waals surface area (Å²) in [6, 6.07) is 15.0. The topological polar surface area (TPSA) is 123 Å². The largest absolute Gasteiger partial charge is 0.468 e. The van der Waals surface area contributed by atoms with Crippen molar-refractivity contribution in [2.45, 2.75) is 12.0 Å². The van der Waals surface area contributed by atoms with Gasteiger partial charge in [-0.15, -0.1) is 0 Å². The monoisotopic (exact) mass is 471 g/mol. The molecule has 2 aromatic rings. The minimum atomic E-state index is -0.977. The first kappa shape index (κ1) is 24.1. The van der Waals surface area contributed by atoms with E-state index in [2.05, 4.69) is 33.3 Å². The molecule has 1 aliphatic rings. The van der Waals surface area contributed by atoms with Gasteiger partial charge in [-0.25, -0.2) is 4.79 Å². The van der Waals surface area contributed by atoms with Crippen LogP contribution in [0.25, 0.3) is 11.1 Å². The molecule has 33 heavy (non-hydrogen) atoms. The Morgan fingerprint density at radius 1 is 0.939 bits per heavy atom. The summed E-state index contributed by atoms with van der Waals surface area (Å²) in [4.78, 5) is 47.4. The van der Waals surface area contributed by atoms with Crippen LogP contribution in [0.5, 0.6) is 0 Å². The summed E-state index contributed by atoms with van der Waals surface area (Å²) in [5.41, 5.74) is 4.40. The van der Waals surface area contributed by atoms with Gasteiger partial charge in [0.1, 0.15) is 25.7 Å². The minimum Gasteiger partial charge on any atom is -0.468 e. The molecular weight excluding hydrogens is 446 g/mol. The number of alkyl carbamates (subject to hydrolysis) is 1. The molecule has 10 heteroatoms. The van der Waals surface area contributed by atoms with Crippen molar-refractivity contribution < 1.29 is 28.7 Å². The smallest absolute Gasteiger partial charge is 0.407 e. The third-order valence-electron chi connectivity index (χ3n) is 5.21. The van der Waals surface area contributed by atoms with Crippen molar-refractivity contribution in [3.8, 4) is 11.1 Å². The van der Waals surface area contributed by atoms with Crippen LogP contribution in [-0.4, -0.2) is 62.5 Å². The SMILES string of the molecule is COC(=O)CNC(=O)[C@H](CS)NC(=O)CNC(=O)OCC1c2ccccc2-c2ccccc21. The van der Waals surface area contributed by atoms with Crippen LogP contribution >= 0.6 is 12.6 Å². The van der Waals surface area contributed by atoms with Gasteiger partial charge in [0.25, 0.3) is 0 Å². The van der Waals surface area contributed by atoms with Crippen molar-refractivity contribution in [1.82, 2.24) is 16.0 Å². The molecule has 0 radical (unpaired) electrons. The van der Waals surface area contributed by atoms with Crippen molar-refractivity contribution >= 4 is 36.5 Å². The van der Waals surface area contributed by atoms with Gasteiger partial charge < -0.3 is 25.4 Å². The summed E-state index contributed by atoms with van der Waals surface area (Å²) in [7, 11) is 1.20. The number of thiol groups is 1. The van der Waals surface area contributed by atoms with Crippen molar-refractivity contribution in [3.63, 3.8) is 0 Å². The van der Waals surface area contributed by atoms with E-state index in [0.717, 1.165) is 22.3 Å². The fourth-order valence-corrected chi connectivity index (χ4v) is 3.85. The molecule has 0 aromatic heterocycles. The summed E-state index contributed by atoms with van der Waals surface area (Å²) < 4.78 is 9.81. The van der Waals surface area contributed by atoms with Gasteiger partial charge in [0.05, 0.1) is 7.11 Å². The van der Waals surface area contributed by atoms with E-state index >= 15 is 0 Å². The predicted molar refractivity (Wildman–Crippen MR) is 124 cm³/mol. The number of fused-ring (bicyclic) bond motifs is 3. The van der Waals surface area contributed by atoms with Gasteiger partial charge in [0.2, 0.25) is 11.8 Å². The highest BCUT2D eigenvalue weighted by molar-refractivity contribution is 7.80. The van der Waals surface area contributed by atoms with Crippen LogP contribution in [0.3, 0.4) is 0 Å². The molecule has 0 unspecified atom stereocenters. The first-order chi connectivity index (χ1) is 15.9. The second-order valence-electron chi connectivity index (χ2n) is 7.28. The molecule has 1 atom stereocenters. The average Bonchev–Trinajstić information content (AvgIpc) is 3.16. The Hall–Kier alpha value is -3.53. The highest BCUT2D eigenvalue weighted by atomic mass is 32.1. The van der Waals surface area contributed by atoms with Gasteiger partial charge in [-0.3, -0.25) is 14.4 Å². The van der Waals surface area contributed by atoms with Gasteiger partial charge in [0, 0.05) is 11.7 Å². The molecule has 0 saturated heterocycles. The molecule has 0 fully saturated rings. The fourth-order valence-electron chi connectivity index (χ4n) is 3.60. The van der Waals surface area contributed by atoms with Crippen LogP contribution in [-0.2, 0) is 23.9 Å². The lowest BCUT2D eigenvalue weighted by molar-refractivity contribution is -0.141. The van der Waals surface area contributed by atoms with E-state index in [0.29, 0.717) is 0 Å².